The van der Waals surface area contributed by atoms with Crippen molar-refractivity contribution in [3.63, 3.8) is 0 Å². The predicted molar refractivity (Wildman–Crippen MR) is 195 cm³/mol. The molecule has 45 heavy (non-hydrogen) atoms. The fourth-order valence-corrected chi connectivity index (χ4v) is 8.04. The van der Waals surface area contributed by atoms with Gasteiger partial charge in [0.15, 0.2) is 0 Å². The van der Waals surface area contributed by atoms with Gasteiger partial charge in [-0.3, -0.25) is 0 Å². The minimum Gasteiger partial charge on any atom is -0.353 e. The highest BCUT2D eigenvalue weighted by Gasteiger charge is 2.17. The van der Waals surface area contributed by atoms with Crippen LogP contribution in [-0.4, -0.2) is 9.32 Å². The highest BCUT2D eigenvalue weighted by Crippen LogP contribution is 2.41. The molecule has 0 spiro atoms. The quantitative estimate of drug-likeness (QED) is 0.192. The Kier molecular flexibility index (Phi) is 6.14. The van der Waals surface area contributed by atoms with E-state index in [1.165, 1.54) is 82.3 Å². The Hall–Kier alpha value is -5.43. The smallest absolute Gasteiger partial charge is 0.0771 e. The summed E-state index contributed by atoms with van der Waals surface area (Å²) in [4.78, 5) is 3.76. The Bertz CT molecular complexity index is 2490. The van der Waals surface area contributed by atoms with Crippen LogP contribution in [0, 0.1) is 0 Å². The van der Waals surface area contributed by atoms with E-state index in [0.717, 1.165) is 0 Å². The molecule has 0 amide bonds. The molecule has 2 aromatic heterocycles. The summed E-state index contributed by atoms with van der Waals surface area (Å²) in [6.07, 6.45) is 0. The minimum atomic E-state index is 0.455. The van der Waals surface area contributed by atoms with E-state index in [9.17, 15) is 0 Å². The SMILES string of the molecule is c1ccc(-c2ccc(-c3ccccc3)c(-c3ccc(Pn4c5ccccc5c5ccc6c7ccccc7[nH]c6c54)cc3)c2)cc1. The molecule has 2 heterocycles. The second-order valence-corrected chi connectivity index (χ2v) is 12.8. The molecule has 0 aliphatic rings. The molecule has 0 saturated carbocycles. The van der Waals surface area contributed by atoms with Gasteiger partial charge in [0, 0.05) is 35.8 Å². The van der Waals surface area contributed by atoms with Crippen LogP contribution >= 0.6 is 8.73 Å². The summed E-state index contributed by atoms with van der Waals surface area (Å²) in [5, 5.41) is 6.43. The number of rotatable bonds is 5. The van der Waals surface area contributed by atoms with Crippen molar-refractivity contribution >= 4 is 57.6 Å². The average Bonchev–Trinajstić information content (AvgIpc) is 3.65. The summed E-state index contributed by atoms with van der Waals surface area (Å²) in [5.74, 6) is 0. The van der Waals surface area contributed by atoms with Crippen molar-refractivity contribution in [3.05, 3.63) is 164 Å². The summed E-state index contributed by atoms with van der Waals surface area (Å²) < 4.78 is 2.52. The number of nitrogens with zero attached hydrogens (tertiary/aromatic N) is 1. The molecule has 1 atom stereocenters. The molecule has 212 valence electrons. The van der Waals surface area contributed by atoms with E-state index < -0.39 is 0 Å². The van der Waals surface area contributed by atoms with Crippen LogP contribution in [0.15, 0.2) is 164 Å². The Morgan fingerprint density at radius 1 is 0.422 bits per heavy atom. The van der Waals surface area contributed by atoms with E-state index in [1.807, 2.05) is 0 Å². The molecule has 7 aromatic carbocycles. The summed E-state index contributed by atoms with van der Waals surface area (Å²) in [6, 6.07) is 59.4. The van der Waals surface area contributed by atoms with Gasteiger partial charge in [-0.1, -0.05) is 146 Å². The van der Waals surface area contributed by atoms with Crippen LogP contribution in [0.1, 0.15) is 0 Å². The first-order valence-corrected chi connectivity index (χ1v) is 16.3. The van der Waals surface area contributed by atoms with E-state index in [-0.39, 0.29) is 0 Å². The van der Waals surface area contributed by atoms with E-state index in [2.05, 4.69) is 173 Å². The number of fused-ring (bicyclic) bond motifs is 7. The zero-order chi connectivity index (χ0) is 29.7. The van der Waals surface area contributed by atoms with E-state index >= 15 is 0 Å². The van der Waals surface area contributed by atoms with Crippen molar-refractivity contribution in [1.29, 1.82) is 0 Å². The molecule has 0 bridgehead atoms. The second kappa shape index (κ2) is 10.6. The standard InChI is InChI=1S/C42H29N2P/c1-3-11-28(12-4-1)31-21-24-33(29-13-5-2-6-14-29)38(27-31)30-19-22-32(23-20-30)45-44-40-18-10-8-16-35(40)37-26-25-36-34-15-7-9-17-39(34)43-41(36)42(37)44/h1-27,43,45H. The summed E-state index contributed by atoms with van der Waals surface area (Å²) in [6.45, 7) is 0. The second-order valence-electron chi connectivity index (χ2n) is 11.6. The molecule has 0 saturated heterocycles. The van der Waals surface area contributed by atoms with Gasteiger partial charge in [-0.25, -0.2) is 0 Å². The number of benzene rings is 7. The van der Waals surface area contributed by atoms with Crippen LogP contribution < -0.4 is 5.30 Å². The molecule has 1 unspecified atom stereocenters. The van der Waals surface area contributed by atoms with Crippen molar-refractivity contribution in [3.8, 4) is 33.4 Å². The van der Waals surface area contributed by atoms with Gasteiger partial charge in [0.1, 0.15) is 0 Å². The maximum atomic E-state index is 3.76. The molecule has 2 nitrogen and oxygen atoms in total. The van der Waals surface area contributed by atoms with E-state index in [4.69, 9.17) is 0 Å². The Labute approximate surface area is 263 Å². The first-order valence-electron chi connectivity index (χ1n) is 15.4. The number of hydrogen-bond acceptors (Lipinski definition) is 0. The third-order valence-corrected chi connectivity index (χ3v) is 10.2. The zero-order valence-electron chi connectivity index (χ0n) is 24.5. The van der Waals surface area contributed by atoms with Crippen molar-refractivity contribution in [2.75, 3.05) is 0 Å². The van der Waals surface area contributed by atoms with Crippen molar-refractivity contribution in [2.45, 2.75) is 0 Å². The number of nitrogens with one attached hydrogen (secondary N) is 1. The fourth-order valence-electron chi connectivity index (χ4n) is 6.80. The highest BCUT2D eigenvalue weighted by atomic mass is 31.1. The van der Waals surface area contributed by atoms with Crippen molar-refractivity contribution in [1.82, 2.24) is 9.32 Å². The van der Waals surface area contributed by atoms with Gasteiger partial charge in [-0.15, -0.1) is 0 Å². The molecule has 1 N–H and O–H groups in total. The number of H-pyrrole nitrogens is 1. The lowest BCUT2D eigenvalue weighted by Crippen LogP contribution is -1.99. The van der Waals surface area contributed by atoms with Crippen LogP contribution in [0.3, 0.4) is 0 Å². The number of aromatic amines is 1. The van der Waals surface area contributed by atoms with Crippen LogP contribution in [0.4, 0.5) is 0 Å². The Morgan fingerprint density at radius 2 is 1.04 bits per heavy atom. The lowest BCUT2D eigenvalue weighted by Gasteiger charge is -2.14. The lowest BCUT2D eigenvalue weighted by molar-refractivity contribution is 1.41. The van der Waals surface area contributed by atoms with Gasteiger partial charge < -0.3 is 9.32 Å². The molecule has 0 aliphatic carbocycles. The van der Waals surface area contributed by atoms with Gasteiger partial charge in [-0.05, 0) is 56.9 Å². The third-order valence-electron chi connectivity index (χ3n) is 8.96. The van der Waals surface area contributed by atoms with Gasteiger partial charge in [0.2, 0.25) is 0 Å². The van der Waals surface area contributed by atoms with Gasteiger partial charge >= 0.3 is 0 Å². The molecular weight excluding hydrogens is 563 g/mol. The monoisotopic (exact) mass is 592 g/mol. The molecule has 0 aliphatic heterocycles. The number of hydrogen-bond donors (Lipinski definition) is 1. The minimum absolute atomic E-state index is 0.455. The topological polar surface area (TPSA) is 20.7 Å². The predicted octanol–water partition coefficient (Wildman–Crippen LogP) is 11.2. The Balaban J connectivity index is 1.17. The maximum Gasteiger partial charge on any atom is 0.0771 e. The fraction of sp³-hybridized carbons (Fsp3) is 0. The van der Waals surface area contributed by atoms with Crippen LogP contribution in [0.25, 0.3) is 77.0 Å². The maximum absolute atomic E-state index is 3.76. The Morgan fingerprint density at radius 3 is 1.84 bits per heavy atom. The first-order chi connectivity index (χ1) is 22.3. The zero-order valence-corrected chi connectivity index (χ0v) is 25.5. The van der Waals surface area contributed by atoms with Gasteiger partial charge in [-0.2, -0.15) is 0 Å². The number of aromatic nitrogens is 2. The van der Waals surface area contributed by atoms with Crippen molar-refractivity contribution < 1.29 is 0 Å². The molecule has 3 heteroatoms. The molecule has 0 radical (unpaired) electrons. The van der Waals surface area contributed by atoms with E-state index in [1.54, 1.807) is 0 Å². The number of para-hydroxylation sites is 2. The summed E-state index contributed by atoms with van der Waals surface area (Å²) in [5.41, 5.74) is 12.3. The van der Waals surface area contributed by atoms with Crippen LogP contribution in [0.5, 0.6) is 0 Å². The average molecular weight is 593 g/mol. The summed E-state index contributed by atoms with van der Waals surface area (Å²) >= 11 is 0. The van der Waals surface area contributed by atoms with Crippen LogP contribution in [-0.2, 0) is 0 Å². The largest absolute Gasteiger partial charge is 0.353 e. The van der Waals surface area contributed by atoms with Gasteiger partial charge in [0.25, 0.3) is 0 Å². The third kappa shape index (κ3) is 4.38. The van der Waals surface area contributed by atoms with E-state index in [0.29, 0.717) is 8.73 Å². The molecular formula is C42H29N2P. The lowest BCUT2D eigenvalue weighted by atomic mass is 9.91. The highest BCUT2D eigenvalue weighted by molar-refractivity contribution is 7.46. The van der Waals surface area contributed by atoms with Gasteiger partial charge in [0.05, 0.1) is 16.6 Å². The van der Waals surface area contributed by atoms with Crippen molar-refractivity contribution in [2.24, 2.45) is 0 Å². The normalized spacial score (nSPS) is 11.9. The summed E-state index contributed by atoms with van der Waals surface area (Å²) in [7, 11) is 0.455. The molecule has 9 aromatic rings. The first kappa shape index (κ1) is 26.0. The molecule has 9 rings (SSSR count). The van der Waals surface area contributed by atoms with Crippen LogP contribution in [0.2, 0.25) is 0 Å². The molecule has 0 fully saturated rings.